The molecule has 1 fully saturated rings. The number of aryl methyl sites for hydroxylation is 1. The molecular formula is C32H38F2N4O7. The lowest BCUT2D eigenvalue weighted by Gasteiger charge is -2.37. The van der Waals surface area contributed by atoms with Crippen molar-refractivity contribution in [3.05, 3.63) is 65.6 Å². The maximum absolute atomic E-state index is 13.1. The zero-order chi connectivity index (χ0) is 32.4. The number of carbonyl (C=O) groups excluding carboxylic acids is 2. The number of hydrogen-bond acceptors (Lipinski definition) is 11. The third-order valence-corrected chi connectivity index (χ3v) is 7.72. The average Bonchev–Trinajstić information content (AvgIpc) is 3.03. The first kappa shape index (κ1) is 33.7. The number of alkyl halides is 2. The van der Waals surface area contributed by atoms with E-state index in [2.05, 4.69) is 20.3 Å². The van der Waals surface area contributed by atoms with Crippen molar-refractivity contribution in [2.45, 2.75) is 58.5 Å². The van der Waals surface area contributed by atoms with Crippen LogP contribution >= 0.6 is 0 Å². The Kier molecular flexibility index (Phi) is 11.7. The van der Waals surface area contributed by atoms with Gasteiger partial charge in [-0.15, -0.1) is 0 Å². The Morgan fingerprint density at radius 1 is 1.02 bits per heavy atom. The molecular weight excluding hydrogens is 590 g/mol. The van der Waals surface area contributed by atoms with Crippen LogP contribution in [0.2, 0.25) is 0 Å². The molecule has 0 aliphatic heterocycles. The number of carbonyl (C=O) groups is 2. The number of esters is 1. The van der Waals surface area contributed by atoms with E-state index in [1.807, 2.05) is 26.0 Å². The van der Waals surface area contributed by atoms with Crippen LogP contribution < -0.4 is 5.32 Å². The molecule has 1 aliphatic rings. The van der Waals surface area contributed by atoms with Gasteiger partial charge < -0.3 is 29.4 Å². The summed E-state index contributed by atoms with van der Waals surface area (Å²) in [7, 11) is 0. The summed E-state index contributed by atoms with van der Waals surface area (Å²) in [4.78, 5) is 37.3. The van der Waals surface area contributed by atoms with Crippen molar-refractivity contribution in [2.24, 2.45) is 11.8 Å². The van der Waals surface area contributed by atoms with E-state index in [1.165, 1.54) is 18.3 Å². The summed E-state index contributed by atoms with van der Waals surface area (Å²) in [5.74, 6) is -0.269. The Labute approximate surface area is 260 Å². The van der Waals surface area contributed by atoms with Gasteiger partial charge in [0.15, 0.2) is 0 Å². The molecule has 3 aromatic heterocycles. The molecule has 4 rings (SSSR count). The molecule has 1 saturated carbocycles. The molecule has 0 saturated heterocycles. The van der Waals surface area contributed by atoms with Gasteiger partial charge in [-0.25, -0.2) is 23.5 Å². The fourth-order valence-electron chi connectivity index (χ4n) is 5.23. The van der Waals surface area contributed by atoms with Crippen molar-refractivity contribution in [3.8, 4) is 11.3 Å². The predicted molar refractivity (Wildman–Crippen MR) is 160 cm³/mol. The number of rotatable bonds is 13. The molecule has 0 aromatic carbocycles. The lowest BCUT2D eigenvalue weighted by atomic mass is 9.73. The molecule has 13 heteroatoms. The highest BCUT2D eigenvalue weighted by molar-refractivity contribution is 5.72. The monoisotopic (exact) mass is 628 g/mol. The minimum absolute atomic E-state index is 0.0456. The Balaban J connectivity index is 1.31. The molecule has 0 radical (unpaired) electrons. The number of anilines is 2. The number of pyridine rings is 3. The topological polar surface area (TPSA) is 142 Å². The maximum atomic E-state index is 13.1. The fraction of sp³-hybridized carbons (Fsp3) is 0.469. The highest BCUT2D eigenvalue weighted by Crippen LogP contribution is 2.41. The average molecular weight is 629 g/mol. The van der Waals surface area contributed by atoms with Crippen molar-refractivity contribution in [3.63, 3.8) is 0 Å². The molecule has 3 aromatic rings. The maximum Gasteiger partial charge on any atom is 0.511 e. The number of nitrogens with zero attached hydrogens (tertiary/aromatic N) is 3. The summed E-state index contributed by atoms with van der Waals surface area (Å²) >= 11 is 0. The predicted octanol–water partition coefficient (Wildman–Crippen LogP) is 6.23. The second-order valence-electron chi connectivity index (χ2n) is 11.0. The van der Waals surface area contributed by atoms with Gasteiger partial charge in [0.2, 0.25) is 6.79 Å². The van der Waals surface area contributed by atoms with E-state index >= 15 is 0 Å². The molecule has 0 amide bonds. The Bertz CT molecular complexity index is 1430. The van der Waals surface area contributed by atoms with Gasteiger partial charge in [0, 0.05) is 30.1 Å². The van der Waals surface area contributed by atoms with E-state index in [-0.39, 0.29) is 36.4 Å². The van der Waals surface area contributed by atoms with Crippen molar-refractivity contribution in [1.82, 2.24) is 15.0 Å². The van der Waals surface area contributed by atoms with Crippen LogP contribution in [0.25, 0.3) is 11.3 Å². The van der Waals surface area contributed by atoms with Crippen LogP contribution in [0.3, 0.4) is 0 Å². The van der Waals surface area contributed by atoms with E-state index < -0.39 is 30.9 Å². The molecule has 45 heavy (non-hydrogen) atoms. The number of ether oxygens (including phenoxy) is 4. The van der Waals surface area contributed by atoms with Crippen LogP contribution in [-0.4, -0.2) is 58.8 Å². The van der Waals surface area contributed by atoms with Crippen LogP contribution in [0.5, 0.6) is 0 Å². The summed E-state index contributed by atoms with van der Waals surface area (Å²) in [6.45, 7) is 5.71. The fourth-order valence-corrected chi connectivity index (χ4v) is 5.23. The summed E-state index contributed by atoms with van der Waals surface area (Å²) in [6, 6.07) is 9.78. The second-order valence-corrected chi connectivity index (χ2v) is 11.0. The first-order valence-electron chi connectivity index (χ1n) is 14.8. The molecule has 3 heterocycles. The Hall–Kier alpha value is -4.23. The summed E-state index contributed by atoms with van der Waals surface area (Å²) < 4.78 is 45.9. The minimum Gasteiger partial charge on any atom is -0.432 e. The van der Waals surface area contributed by atoms with Gasteiger partial charge >= 0.3 is 12.1 Å². The Morgan fingerprint density at radius 3 is 2.49 bits per heavy atom. The second kappa shape index (κ2) is 15.7. The van der Waals surface area contributed by atoms with E-state index in [1.54, 1.807) is 25.3 Å². The molecule has 1 atom stereocenters. The van der Waals surface area contributed by atoms with Crippen LogP contribution in [0.15, 0.2) is 48.8 Å². The third kappa shape index (κ3) is 9.38. The molecule has 11 nitrogen and oxygen atoms in total. The van der Waals surface area contributed by atoms with Crippen molar-refractivity contribution in [1.29, 1.82) is 0 Å². The quantitative estimate of drug-likeness (QED) is 0.126. The zero-order valence-electron chi connectivity index (χ0n) is 25.5. The lowest BCUT2D eigenvalue weighted by molar-refractivity contribution is -0.160. The standard InChI is InChI=1S/C32H38F2N4O7/c1-4-42-13-14-43-31(40)45-19-44-30(39)21-5-8-24(9-6-21)32(3,41)26-10-7-23(18-36-26)25-15-20(2)16-28(37-25)38-27-17-22(29(33)34)11-12-35-27/h7,10-12,15-18,21,24,29,41H,4-6,8-9,13-14,19H2,1-3H3,(H,35,37,38)/t21-,24-,32-/m1/s1. The number of hydrogen-bond donors (Lipinski definition) is 2. The molecule has 0 spiro atoms. The van der Waals surface area contributed by atoms with E-state index in [0.29, 0.717) is 55.1 Å². The van der Waals surface area contributed by atoms with Gasteiger partial charge in [-0.1, -0.05) is 0 Å². The highest BCUT2D eigenvalue weighted by atomic mass is 19.3. The smallest absolute Gasteiger partial charge is 0.432 e. The summed E-state index contributed by atoms with van der Waals surface area (Å²) in [5, 5.41) is 14.5. The van der Waals surface area contributed by atoms with Gasteiger partial charge in [0.25, 0.3) is 6.43 Å². The van der Waals surface area contributed by atoms with Gasteiger partial charge in [0.1, 0.15) is 23.8 Å². The minimum atomic E-state index is -2.61. The van der Waals surface area contributed by atoms with Crippen LogP contribution in [-0.2, 0) is 29.3 Å². The van der Waals surface area contributed by atoms with Gasteiger partial charge in [0.05, 0.1) is 23.9 Å². The largest absolute Gasteiger partial charge is 0.511 e. The Morgan fingerprint density at radius 2 is 1.80 bits per heavy atom. The normalized spacial score (nSPS) is 17.8. The lowest BCUT2D eigenvalue weighted by Crippen LogP contribution is -2.37. The molecule has 2 N–H and O–H groups in total. The van der Waals surface area contributed by atoms with Crippen molar-refractivity contribution < 1.29 is 42.4 Å². The summed E-state index contributed by atoms with van der Waals surface area (Å²) in [6.07, 6.45) is 1.57. The van der Waals surface area contributed by atoms with Crippen LogP contribution in [0, 0.1) is 18.8 Å². The van der Waals surface area contributed by atoms with Crippen LogP contribution in [0.4, 0.5) is 25.2 Å². The van der Waals surface area contributed by atoms with E-state index in [9.17, 15) is 23.5 Å². The highest BCUT2D eigenvalue weighted by Gasteiger charge is 2.39. The van der Waals surface area contributed by atoms with Crippen molar-refractivity contribution in [2.75, 3.05) is 31.9 Å². The third-order valence-electron chi connectivity index (χ3n) is 7.72. The van der Waals surface area contributed by atoms with E-state index in [4.69, 9.17) is 18.9 Å². The van der Waals surface area contributed by atoms with Gasteiger partial charge in [-0.3, -0.25) is 9.78 Å². The first-order valence-corrected chi connectivity index (χ1v) is 14.8. The van der Waals surface area contributed by atoms with Crippen LogP contribution in [0.1, 0.15) is 62.8 Å². The van der Waals surface area contributed by atoms with Gasteiger partial charge in [-0.05, 0) is 94.3 Å². The zero-order valence-corrected chi connectivity index (χ0v) is 25.5. The molecule has 0 unspecified atom stereocenters. The SMILES string of the molecule is CCOCCOC(=O)OCOC(=O)[C@H]1CC[C@H]([C@@](C)(O)c2ccc(-c3cc(C)cc(Nc4cc(C(F)F)ccn4)n3)cn2)CC1. The molecule has 242 valence electrons. The van der Waals surface area contributed by atoms with E-state index in [0.717, 1.165) is 5.56 Å². The summed E-state index contributed by atoms with van der Waals surface area (Å²) in [5.41, 5.74) is 1.33. The number of aliphatic hydroxyl groups is 1. The number of aromatic nitrogens is 3. The number of nitrogens with one attached hydrogen (secondary N) is 1. The molecule has 1 aliphatic carbocycles. The first-order chi connectivity index (χ1) is 21.6. The molecule has 0 bridgehead atoms. The van der Waals surface area contributed by atoms with Crippen molar-refractivity contribution >= 4 is 23.8 Å². The number of halogens is 2. The van der Waals surface area contributed by atoms with Gasteiger partial charge in [-0.2, -0.15) is 0 Å².